The van der Waals surface area contributed by atoms with Crippen LogP contribution in [0.1, 0.15) is 27.9 Å². The van der Waals surface area contributed by atoms with Crippen LogP contribution in [-0.2, 0) is 9.53 Å². The third kappa shape index (κ3) is 3.49. The molecule has 1 fully saturated rings. The van der Waals surface area contributed by atoms with Crippen molar-refractivity contribution in [3.8, 4) is 0 Å². The lowest BCUT2D eigenvalue weighted by Crippen LogP contribution is -2.46. The van der Waals surface area contributed by atoms with Gasteiger partial charge in [0, 0.05) is 6.54 Å². The first-order valence-electron chi connectivity index (χ1n) is 9.39. The lowest BCUT2D eigenvalue weighted by Gasteiger charge is -2.24. The SMILES string of the molecule is C=CCOC1CCN2C(=O)c3cc(C=Cc4ccccc4)ccc3NC(=O)C12. The van der Waals surface area contributed by atoms with Crippen molar-refractivity contribution in [1.29, 1.82) is 0 Å². The van der Waals surface area contributed by atoms with Crippen LogP contribution in [-0.4, -0.2) is 42.0 Å². The fourth-order valence-electron chi connectivity index (χ4n) is 3.74. The molecule has 2 aliphatic rings. The molecule has 1 saturated heterocycles. The number of benzene rings is 2. The smallest absolute Gasteiger partial charge is 0.256 e. The largest absolute Gasteiger partial charge is 0.371 e. The van der Waals surface area contributed by atoms with Crippen LogP contribution in [0.15, 0.2) is 61.2 Å². The van der Waals surface area contributed by atoms with E-state index in [0.717, 1.165) is 11.1 Å². The van der Waals surface area contributed by atoms with E-state index in [1.54, 1.807) is 17.0 Å². The lowest BCUT2D eigenvalue weighted by molar-refractivity contribution is -0.122. The van der Waals surface area contributed by atoms with Gasteiger partial charge < -0.3 is 15.0 Å². The molecule has 0 bridgehead atoms. The van der Waals surface area contributed by atoms with Gasteiger partial charge >= 0.3 is 0 Å². The third-order valence-corrected chi connectivity index (χ3v) is 5.10. The summed E-state index contributed by atoms with van der Waals surface area (Å²) in [4.78, 5) is 27.5. The highest BCUT2D eigenvalue weighted by Gasteiger charge is 2.45. The van der Waals surface area contributed by atoms with Crippen molar-refractivity contribution in [2.24, 2.45) is 0 Å². The summed E-state index contributed by atoms with van der Waals surface area (Å²) in [6.07, 6.45) is 5.94. The van der Waals surface area contributed by atoms with E-state index in [9.17, 15) is 9.59 Å². The lowest BCUT2D eigenvalue weighted by atomic mass is 10.1. The summed E-state index contributed by atoms with van der Waals surface area (Å²) >= 11 is 0. The number of fused-ring (bicyclic) bond motifs is 2. The fraction of sp³-hybridized carbons (Fsp3) is 0.217. The first kappa shape index (κ1) is 18.2. The Bertz CT molecular complexity index is 936. The van der Waals surface area contributed by atoms with E-state index < -0.39 is 6.04 Å². The molecule has 4 rings (SSSR count). The van der Waals surface area contributed by atoms with Crippen molar-refractivity contribution in [2.45, 2.75) is 18.6 Å². The standard InChI is InChI=1S/C23H22N2O3/c1-2-14-28-20-12-13-25-21(20)22(26)24-19-11-10-17(15-18(19)23(25)27)9-8-16-6-4-3-5-7-16/h2-11,15,20-21H,1,12-14H2,(H,24,26). The summed E-state index contributed by atoms with van der Waals surface area (Å²) in [7, 11) is 0. The Kier molecular flexibility index (Phi) is 5.08. The summed E-state index contributed by atoms with van der Waals surface area (Å²) in [6, 6.07) is 14.9. The normalized spacial score (nSPS) is 21.2. The molecule has 0 radical (unpaired) electrons. The molecule has 0 aromatic heterocycles. The Morgan fingerprint density at radius 1 is 1.11 bits per heavy atom. The summed E-state index contributed by atoms with van der Waals surface area (Å²) < 4.78 is 5.72. The van der Waals surface area contributed by atoms with Gasteiger partial charge in [-0.2, -0.15) is 0 Å². The number of hydrogen-bond donors (Lipinski definition) is 1. The summed E-state index contributed by atoms with van der Waals surface area (Å²) in [6.45, 7) is 4.51. The minimum absolute atomic E-state index is 0.141. The maximum atomic E-state index is 13.1. The molecule has 142 valence electrons. The van der Waals surface area contributed by atoms with E-state index >= 15 is 0 Å². The van der Waals surface area contributed by atoms with Gasteiger partial charge in [-0.15, -0.1) is 6.58 Å². The molecule has 0 saturated carbocycles. The van der Waals surface area contributed by atoms with Gasteiger partial charge in [0.15, 0.2) is 0 Å². The van der Waals surface area contributed by atoms with Crippen LogP contribution in [0.25, 0.3) is 12.2 Å². The minimum atomic E-state index is -0.608. The van der Waals surface area contributed by atoms with E-state index in [4.69, 9.17) is 4.74 Å². The van der Waals surface area contributed by atoms with Crippen LogP contribution >= 0.6 is 0 Å². The molecule has 2 aromatic rings. The molecule has 2 amide bonds. The van der Waals surface area contributed by atoms with Crippen molar-refractivity contribution in [3.63, 3.8) is 0 Å². The summed E-state index contributed by atoms with van der Waals surface area (Å²) in [5, 5.41) is 2.90. The molecule has 5 nitrogen and oxygen atoms in total. The number of carbonyl (C=O) groups is 2. The average Bonchev–Trinajstić information content (AvgIpc) is 3.11. The predicted octanol–water partition coefficient (Wildman–Crippen LogP) is 3.59. The summed E-state index contributed by atoms with van der Waals surface area (Å²) in [5.41, 5.74) is 3.04. The van der Waals surface area contributed by atoms with Crippen LogP contribution < -0.4 is 5.32 Å². The first-order valence-corrected chi connectivity index (χ1v) is 9.39. The molecule has 28 heavy (non-hydrogen) atoms. The zero-order chi connectivity index (χ0) is 19.5. The Hall–Kier alpha value is -3.18. The van der Waals surface area contributed by atoms with E-state index in [2.05, 4.69) is 11.9 Å². The van der Waals surface area contributed by atoms with E-state index in [1.807, 2.05) is 54.6 Å². The molecular weight excluding hydrogens is 352 g/mol. The number of rotatable bonds is 5. The van der Waals surface area contributed by atoms with Gasteiger partial charge in [-0.1, -0.05) is 54.6 Å². The third-order valence-electron chi connectivity index (χ3n) is 5.10. The zero-order valence-corrected chi connectivity index (χ0v) is 15.5. The molecule has 2 aliphatic heterocycles. The van der Waals surface area contributed by atoms with Crippen LogP contribution in [0.3, 0.4) is 0 Å². The zero-order valence-electron chi connectivity index (χ0n) is 15.5. The first-order chi connectivity index (χ1) is 13.7. The average molecular weight is 374 g/mol. The van der Waals surface area contributed by atoms with E-state index in [1.165, 1.54) is 0 Å². The molecule has 0 aliphatic carbocycles. The molecule has 2 aromatic carbocycles. The summed E-state index contributed by atoms with van der Waals surface area (Å²) in [5.74, 6) is -0.343. The molecule has 2 atom stereocenters. The Balaban J connectivity index is 1.61. The number of nitrogens with one attached hydrogen (secondary N) is 1. The second kappa shape index (κ2) is 7.82. The van der Waals surface area contributed by atoms with Crippen LogP contribution in [0.2, 0.25) is 0 Å². The Morgan fingerprint density at radius 2 is 1.89 bits per heavy atom. The number of carbonyl (C=O) groups excluding carboxylic acids is 2. The van der Waals surface area contributed by atoms with Gasteiger partial charge in [0.05, 0.1) is 24.0 Å². The number of anilines is 1. The van der Waals surface area contributed by atoms with Crippen molar-refractivity contribution >= 4 is 29.7 Å². The molecule has 0 spiro atoms. The predicted molar refractivity (Wildman–Crippen MR) is 110 cm³/mol. The van der Waals surface area contributed by atoms with Gasteiger partial charge in [0.2, 0.25) is 5.91 Å². The van der Waals surface area contributed by atoms with Crippen LogP contribution in [0.5, 0.6) is 0 Å². The van der Waals surface area contributed by atoms with Crippen LogP contribution in [0.4, 0.5) is 5.69 Å². The topological polar surface area (TPSA) is 58.6 Å². The van der Waals surface area contributed by atoms with Gasteiger partial charge in [0.1, 0.15) is 6.04 Å². The quantitative estimate of drug-likeness (QED) is 0.643. The fourth-order valence-corrected chi connectivity index (χ4v) is 3.74. The van der Waals surface area contributed by atoms with Gasteiger partial charge in [-0.25, -0.2) is 0 Å². The maximum absolute atomic E-state index is 13.1. The van der Waals surface area contributed by atoms with Crippen molar-refractivity contribution in [2.75, 3.05) is 18.5 Å². The molecule has 1 N–H and O–H groups in total. The van der Waals surface area contributed by atoms with E-state index in [0.29, 0.717) is 30.8 Å². The number of nitrogens with zero attached hydrogens (tertiary/aromatic N) is 1. The second-order valence-electron chi connectivity index (χ2n) is 6.93. The Morgan fingerprint density at radius 3 is 2.68 bits per heavy atom. The second-order valence-corrected chi connectivity index (χ2v) is 6.93. The van der Waals surface area contributed by atoms with Crippen molar-refractivity contribution < 1.29 is 14.3 Å². The number of hydrogen-bond acceptors (Lipinski definition) is 3. The van der Waals surface area contributed by atoms with E-state index in [-0.39, 0.29) is 17.9 Å². The van der Waals surface area contributed by atoms with Crippen LogP contribution in [0, 0.1) is 0 Å². The molecule has 5 heteroatoms. The number of amides is 2. The van der Waals surface area contributed by atoms with Gasteiger partial charge in [-0.05, 0) is 29.7 Å². The maximum Gasteiger partial charge on any atom is 0.256 e. The van der Waals surface area contributed by atoms with Crippen molar-refractivity contribution in [1.82, 2.24) is 4.90 Å². The minimum Gasteiger partial charge on any atom is -0.371 e. The number of ether oxygens (including phenoxy) is 1. The highest BCUT2D eigenvalue weighted by molar-refractivity contribution is 6.10. The highest BCUT2D eigenvalue weighted by Crippen LogP contribution is 2.31. The van der Waals surface area contributed by atoms with Gasteiger partial charge in [-0.3, -0.25) is 9.59 Å². The monoisotopic (exact) mass is 374 g/mol. The molecular formula is C23H22N2O3. The van der Waals surface area contributed by atoms with Crippen molar-refractivity contribution in [3.05, 3.63) is 77.9 Å². The highest BCUT2D eigenvalue weighted by atomic mass is 16.5. The Labute approximate surface area is 164 Å². The van der Waals surface area contributed by atoms with Gasteiger partial charge in [0.25, 0.3) is 5.91 Å². The molecule has 2 unspecified atom stereocenters. The molecule has 2 heterocycles.